The Balaban J connectivity index is 1.34. The lowest BCUT2D eigenvalue weighted by atomic mass is 9.88. The molecule has 14 nitrogen and oxygen atoms in total. The second-order valence-corrected chi connectivity index (χ2v) is 19.0. The number of alkyl carbamates (subject to hydrolysis) is 1. The Morgan fingerprint density at radius 1 is 1.12 bits per heavy atom. The molecule has 56 heavy (non-hydrogen) atoms. The van der Waals surface area contributed by atoms with Crippen molar-refractivity contribution in [3.63, 3.8) is 0 Å². The van der Waals surface area contributed by atoms with Crippen molar-refractivity contribution in [2.75, 3.05) is 19.8 Å². The number of ether oxygens (including phenoxy) is 3. The van der Waals surface area contributed by atoms with E-state index in [4.69, 9.17) is 14.2 Å². The van der Waals surface area contributed by atoms with Gasteiger partial charge in [-0.3, -0.25) is 19.1 Å². The Bertz CT molecular complexity index is 1980. The Kier molecular flexibility index (Phi) is 11.6. The van der Waals surface area contributed by atoms with Crippen LogP contribution < -0.4 is 24.8 Å². The number of hydrogen-bond acceptors (Lipinski definition) is 10. The van der Waals surface area contributed by atoms with Crippen LogP contribution >= 0.6 is 0 Å². The van der Waals surface area contributed by atoms with Crippen molar-refractivity contribution in [3.05, 3.63) is 42.6 Å². The average Bonchev–Trinajstić information content (AvgIpc) is 4.03. The van der Waals surface area contributed by atoms with E-state index >= 15 is 0 Å². The van der Waals surface area contributed by atoms with Crippen molar-refractivity contribution >= 4 is 44.6 Å². The van der Waals surface area contributed by atoms with Gasteiger partial charge in [0, 0.05) is 23.9 Å². The molecule has 0 radical (unpaired) electrons. The van der Waals surface area contributed by atoms with Gasteiger partial charge in [-0.05, 0) is 108 Å². The molecule has 2 aliphatic heterocycles. The van der Waals surface area contributed by atoms with Crippen LogP contribution in [0.25, 0.3) is 10.8 Å². The molecule has 3 N–H and O–H groups in total. The quantitative estimate of drug-likeness (QED) is 0.301. The number of alkyl halides is 1. The van der Waals surface area contributed by atoms with Crippen LogP contribution in [0, 0.1) is 17.8 Å². The maximum absolute atomic E-state index is 14.8. The highest BCUT2D eigenvalue weighted by Gasteiger charge is 2.64. The molecule has 1 saturated heterocycles. The van der Waals surface area contributed by atoms with Gasteiger partial charge in [-0.2, -0.15) is 0 Å². The molecule has 3 fully saturated rings. The number of amides is 4. The summed E-state index contributed by atoms with van der Waals surface area (Å²) in [5, 5.41) is 7.12. The molecule has 1 aromatic carbocycles. The number of nitrogens with one attached hydrogen (secondary N) is 3. The normalized spacial score (nSPS) is 29.2. The number of aromatic nitrogens is 1. The molecule has 2 saturated carbocycles. The third kappa shape index (κ3) is 8.74. The van der Waals surface area contributed by atoms with Crippen LogP contribution in [-0.4, -0.2) is 96.0 Å². The summed E-state index contributed by atoms with van der Waals surface area (Å²) in [6, 6.07) is 5.04. The number of fused-ring (bicyclic) bond motifs is 3. The van der Waals surface area contributed by atoms with Gasteiger partial charge in [-0.1, -0.05) is 26.0 Å². The standard InChI is InChI=1S/C40H54FN5O9S/c1-7-53-28-12-13-30-26(19-28)14-17-42-34(30)54-29-20-31-33(47)44-40(36(49)45-56(51,52)39(23-41)15-16-39)21-27(40)11-9-8-10-24(2)18-25(3)32(35(48)46(31)22-29)43-37(50)55-38(4,5)6/h9,11-14,17,19,24-25,27,29,31-32H,7-8,10,15-16,18,20-23H2,1-6H3,(H,43,50)(H,44,47)(H,45,49). The van der Waals surface area contributed by atoms with Gasteiger partial charge in [0.1, 0.15) is 46.5 Å². The summed E-state index contributed by atoms with van der Waals surface area (Å²) in [5.74, 6) is -2.01. The minimum Gasteiger partial charge on any atom is -0.494 e. The lowest BCUT2D eigenvalue weighted by Gasteiger charge is -2.33. The Hall–Kier alpha value is -4.47. The molecule has 2 aliphatic carbocycles. The second-order valence-electron chi connectivity index (χ2n) is 16.9. The molecule has 2 aromatic rings. The maximum atomic E-state index is 14.8. The molecule has 16 heteroatoms. The number of carbonyl (C=O) groups excluding carboxylic acids is 4. The summed E-state index contributed by atoms with van der Waals surface area (Å²) < 4.78 is 58.3. The molecule has 7 unspecified atom stereocenters. The van der Waals surface area contributed by atoms with Crippen molar-refractivity contribution in [1.29, 1.82) is 0 Å². The van der Waals surface area contributed by atoms with Crippen molar-refractivity contribution in [1.82, 2.24) is 25.2 Å². The van der Waals surface area contributed by atoms with E-state index in [9.17, 15) is 32.0 Å². The number of sulfonamides is 1. The summed E-state index contributed by atoms with van der Waals surface area (Å²) in [5.41, 5.74) is -2.49. The van der Waals surface area contributed by atoms with Crippen molar-refractivity contribution in [2.24, 2.45) is 17.8 Å². The van der Waals surface area contributed by atoms with Gasteiger partial charge >= 0.3 is 6.09 Å². The highest BCUT2D eigenvalue weighted by Crippen LogP contribution is 2.48. The zero-order valence-corrected chi connectivity index (χ0v) is 33.7. The van der Waals surface area contributed by atoms with Crippen molar-refractivity contribution in [2.45, 2.75) is 121 Å². The predicted octanol–water partition coefficient (Wildman–Crippen LogP) is 4.71. The molecule has 6 rings (SSSR count). The van der Waals surface area contributed by atoms with Gasteiger partial charge < -0.3 is 29.7 Å². The van der Waals surface area contributed by atoms with Gasteiger partial charge in [-0.15, -0.1) is 0 Å². The summed E-state index contributed by atoms with van der Waals surface area (Å²) in [6.07, 6.45) is 5.99. The van der Waals surface area contributed by atoms with Crippen LogP contribution in [0.3, 0.4) is 0 Å². The second kappa shape index (κ2) is 15.8. The Morgan fingerprint density at radius 3 is 2.55 bits per heavy atom. The lowest BCUT2D eigenvalue weighted by molar-refractivity contribution is -0.142. The number of allylic oxidation sites excluding steroid dienone is 1. The zero-order chi connectivity index (χ0) is 40.6. The van der Waals surface area contributed by atoms with E-state index in [-0.39, 0.29) is 49.9 Å². The molecule has 7 atom stereocenters. The first-order chi connectivity index (χ1) is 26.4. The molecule has 0 bridgehead atoms. The van der Waals surface area contributed by atoms with E-state index in [0.29, 0.717) is 30.6 Å². The number of pyridine rings is 1. The zero-order valence-electron chi connectivity index (χ0n) is 32.9. The highest BCUT2D eigenvalue weighted by atomic mass is 32.2. The summed E-state index contributed by atoms with van der Waals surface area (Å²) >= 11 is 0. The van der Waals surface area contributed by atoms with Gasteiger partial charge in [-0.25, -0.2) is 22.6 Å². The first kappa shape index (κ1) is 41.2. The van der Waals surface area contributed by atoms with E-state index < -0.39 is 80.5 Å². The summed E-state index contributed by atoms with van der Waals surface area (Å²) in [6.45, 7) is 10.3. The lowest BCUT2D eigenvalue weighted by Crippen LogP contribution is -2.59. The molecular weight excluding hydrogens is 746 g/mol. The maximum Gasteiger partial charge on any atom is 0.408 e. The molecular formula is C40H54FN5O9S. The fourth-order valence-corrected chi connectivity index (χ4v) is 9.25. The van der Waals surface area contributed by atoms with Crippen molar-refractivity contribution in [3.8, 4) is 11.6 Å². The Morgan fingerprint density at radius 2 is 1.88 bits per heavy atom. The third-order valence-electron chi connectivity index (χ3n) is 11.2. The number of halogens is 1. The van der Waals surface area contributed by atoms with Crippen LogP contribution in [-0.2, 0) is 29.1 Å². The first-order valence-corrected chi connectivity index (χ1v) is 21.0. The number of carbonyl (C=O) groups is 4. The minimum absolute atomic E-state index is 0.00191. The van der Waals surface area contributed by atoms with Crippen molar-refractivity contribution < 1.29 is 46.2 Å². The number of benzene rings is 1. The van der Waals surface area contributed by atoms with Crippen LogP contribution in [0.1, 0.15) is 86.5 Å². The molecule has 306 valence electrons. The minimum atomic E-state index is -4.38. The van der Waals surface area contributed by atoms with E-state index in [0.717, 1.165) is 11.8 Å². The number of nitrogens with zero attached hydrogens (tertiary/aromatic N) is 2. The van der Waals surface area contributed by atoms with Crippen LogP contribution in [0.15, 0.2) is 42.6 Å². The third-order valence-corrected chi connectivity index (χ3v) is 13.3. The van der Waals surface area contributed by atoms with Crippen LogP contribution in [0.5, 0.6) is 11.6 Å². The highest BCUT2D eigenvalue weighted by molar-refractivity contribution is 7.91. The van der Waals surface area contributed by atoms with E-state index in [1.807, 2.05) is 44.2 Å². The fraction of sp³-hybridized carbons (Fsp3) is 0.625. The molecule has 0 spiro atoms. The molecule has 3 heterocycles. The summed E-state index contributed by atoms with van der Waals surface area (Å²) in [7, 11) is -4.38. The van der Waals surface area contributed by atoms with E-state index in [1.165, 1.54) is 4.90 Å². The fourth-order valence-electron chi connectivity index (χ4n) is 7.82. The SMILES string of the molecule is CCOc1ccc2c(OC3CC4C(=O)NC5(C(=O)NS(=O)(=O)C6(CF)CC6)CC5C=CCCC(C)CC(C)C(NC(=O)OC(C)(C)C)C(=O)N4C3)nccc2c1. The molecule has 4 aliphatic rings. The van der Waals surface area contributed by atoms with Crippen LogP contribution in [0.2, 0.25) is 0 Å². The largest absolute Gasteiger partial charge is 0.494 e. The van der Waals surface area contributed by atoms with E-state index in [2.05, 4.69) is 27.3 Å². The predicted molar refractivity (Wildman–Crippen MR) is 206 cm³/mol. The topological polar surface area (TPSA) is 182 Å². The van der Waals surface area contributed by atoms with Crippen LogP contribution in [0.4, 0.5) is 9.18 Å². The molecule has 1 aromatic heterocycles. The summed E-state index contributed by atoms with van der Waals surface area (Å²) in [4.78, 5) is 62.2. The van der Waals surface area contributed by atoms with Gasteiger partial charge in [0.15, 0.2) is 0 Å². The average molecular weight is 800 g/mol. The number of hydrogen-bond donors (Lipinski definition) is 3. The Labute approximate surface area is 327 Å². The monoisotopic (exact) mass is 799 g/mol. The first-order valence-electron chi connectivity index (χ1n) is 19.5. The smallest absolute Gasteiger partial charge is 0.408 e. The van der Waals surface area contributed by atoms with E-state index in [1.54, 1.807) is 33.0 Å². The van der Waals surface area contributed by atoms with Gasteiger partial charge in [0.2, 0.25) is 27.7 Å². The van der Waals surface area contributed by atoms with Gasteiger partial charge in [0.25, 0.3) is 5.91 Å². The number of rotatable bonds is 9. The molecule has 4 amide bonds. The van der Waals surface area contributed by atoms with Gasteiger partial charge in [0.05, 0.1) is 13.2 Å².